The molecule has 0 aromatic heterocycles. The van der Waals surface area contributed by atoms with Gasteiger partial charge in [-0.2, -0.15) is 0 Å². The molecule has 1 aromatic carbocycles. The smallest absolute Gasteiger partial charge is 0.191 e. The Bertz CT molecular complexity index is 542. The van der Waals surface area contributed by atoms with Crippen molar-refractivity contribution in [3.63, 3.8) is 0 Å². The number of rotatable bonds is 7. The van der Waals surface area contributed by atoms with Crippen molar-refractivity contribution in [1.82, 2.24) is 15.5 Å². The van der Waals surface area contributed by atoms with Crippen LogP contribution in [0.15, 0.2) is 29.3 Å². The number of hydrogen-bond acceptors (Lipinski definition) is 2. The quantitative estimate of drug-likeness (QED) is 0.272. The van der Waals surface area contributed by atoms with E-state index in [2.05, 4.69) is 41.3 Å². The Balaban J connectivity index is 0.00000338. The van der Waals surface area contributed by atoms with E-state index in [9.17, 15) is 4.39 Å². The average Bonchev–Trinajstić information content (AvgIpc) is 2.59. The zero-order valence-electron chi connectivity index (χ0n) is 16.3. The van der Waals surface area contributed by atoms with Gasteiger partial charge in [-0.25, -0.2) is 4.39 Å². The molecule has 0 amide bonds. The van der Waals surface area contributed by atoms with Crippen LogP contribution in [0.5, 0.6) is 0 Å². The first-order valence-electron chi connectivity index (χ1n) is 9.61. The summed E-state index contributed by atoms with van der Waals surface area (Å²) in [6, 6.07) is 7.96. The van der Waals surface area contributed by atoms with Gasteiger partial charge in [0, 0.05) is 38.3 Å². The lowest BCUT2D eigenvalue weighted by Crippen LogP contribution is -2.49. The summed E-state index contributed by atoms with van der Waals surface area (Å²) < 4.78 is 13.2. The fraction of sp³-hybridized carbons (Fsp3) is 0.650. The molecule has 2 rings (SSSR count). The van der Waals surface area contributed by atoms with Crippen LogP contribution in [-0.2, 0) is 6.42 Å². The Morgan fingerprint density at radius 2 is 2.04 bits per heavy atom. The number of benzene rings is 1. The summed E-state index contributed by atoms with van der Waals surface area (Å²) >= 11 is 0. The molecule has 0 bridgehead atoms. The summed E-state index contributed by atoms with van der Waals surface area (Å²) in [4.78, 5) is 7.22. The second-order valence-electron chi connectivity index (χ2n) is 7.04. The van der Waals surface area contributed by atoms with E-state index in [1.807, 2.05) is 6.07 Å². The highest BCUT2D eigenvalue weighted by molar-refractivity contribution is 14.0. The lowest BCUT2D eigenvalue weighted by atomic mass is 10.0. The van der Waals surface area contributed by atoms with E-state index in [-0.39, 0.29) is 29.8 Å². The van der Waals surface area contributed by atoms with Crippen molar-refractivity contribution in [2.45, 2.75) is 58.5 Å². The number of likely N-dealkylation sites (tertiary alicyclic amines) is 1. The zero-order chi connectivity index (χ0) is 18.1. The van der Waals surface area contributed by atoms with Crippen LogP contribution in [-0.4, -0.2) is 49.1 Å². The lowest BCUT2D eigenvalue weighted by Gasteiger charge is -2.35. The van der Waals surface area contributed by atoms with Crippen LogP contribution in [0.1, 0.15) is 45.6 Å². The maximum Gasteiger partial charge on any atom is 0.191 e. The highest BCUT2D eigenvalue weighted by atomic mass is 127. The third-order valence-electron chi connectivity index (χ3n) is 4.73. The molecular weight excluding hydrogens is 442 g/mol. The van der Waals surface area contributed by atoms with Gasteiger partial charge in [0.2, 0.25) is 0 Å². The second kappa shape index (κ2) is 12.5. The number of hydrogen-bond donors (Lipinski definition) is 2. The summed E-state index contributed by atoms with van der Waals surface area (Å²) in [5, 5.41) is 6.91. The number of nitrogens with zero attached hydrogens (tertiary/aromatic N) is 2. The number of aliphatic imine (C=N–C) groups is 1. The third-order valence-corrected chi connectivity index (χ3v) is 4.73. The van der Waals surface area contributed by atoms with Crippen molar-refractivity contribution in [2.24, 2.45) is 4.99 Å². The number of halogens is 2. The van der Waals surface area contributed by atoms with Gasteiger partial charge >= 0.3 is 0 Å². The van der Waals surface area contributed by atoms with Crippen LogP contribution in [0.4, 0.5) is 4.39 Å². The lowest BCUT2D eigenvalue weighted by molar-refractivity contribution is 0.167. The highest BCUT2D eigenvalue weighted by Crippen LogP contribution is 2.13. The first kappa shape index (κ1) is 23.1. The second-order valence-corrected chi connectivity index (χ2v) is 7.04. The van der Waals surface area contributed by atoms with Crippen molar-refractivity contribution in [3.05, 3.63) is 35.6 Å². The molecule has 1 aliphatic rings. The van der Waals surface area contributed by atoms with E-state index in [0.29, 0.717) is 12.1 Å². The Morgan fingerprint density at radius 1 is 1.31 bits per heavy atom. The molecule has 0 atom stereocenters. The Kier molecular flexibility index (Phi) is 11.1. The van der Waals surface area contributed by atoms with Gasteiger partial charge in [0.15, 0.2) is 5.96 Å². The molecule has 26 heavy (non-hydrogen) atoms. The minimum Gasteiger partial charge on any atom is -0.357 e. The van der Waals surface area contributed by atoms with Crippen LogP contribution < -0.4 is 10.6 Å². The molecule has 0 aliphatic carbocycles. The Morgan fingerprint density at radius 3 is 2.65 bits per heavy atom. The Labute approximate surface area is 175 Å². The fourth-order valence-electron chi connectivity index (χ4n) is 3.24. The maximum atomic E-state index is 13.2. The van der Waals surface area contributed by atoms with E-state index < -0.39 is 0 Å². The highest BCUT2D eigenvalue weighted by Gasteiger charge is 2.21. The van der Waals surface area contributed by atoms with E-state index in [0.717, 1.165) is 63.4 Å². The monoisotopic (exact) mass is 476 g/mol. The molecule has 148 valence electrons. The molecule has 1 heterocycles. The third kappa shape index (κ3) is 8.20. The van der Waals surface area contributed by atoms with Crippen molar-refractivity contribution < 1.29 is 4.39 Å². The molecule has 0 saturated carbocycles. The zero-order valence-corrected chi connectivity index (χ0v) is 18.6. The van der Waals surface area contributed by atoms with E-state index >= 15 is 0 Å². The molecule has 0 radical (unpaired) electrons. The van der Waals surface area contributed by atoms with Crippen LogP contribution in [0, 0.1) is 5.82 Å². The number of guanidine groups is 1. The van der Waals surface area contributed by atoms with Gasteiger partial charge < -0.3 is 15.5 Å². The maximum absolute atomic E-state index is 13.2. The molecule has 0 unspecified atom stereocenters. The molecule has 1 fully saturated rings. The first-order chi connectivity index (χ1) is 12.1. The molecule has 4 nitrogen and oxygen atoms in total. The molecule has 1 aliphatic heterocycles. The van der Waals surface area contributed by atoms with Gasteiger partial charge in [-0.15, -0.1) is 24.0 Å². The van der Waals surface area contributed by atoms with Crippen LogP contribution in [0.2, 0.25) is 0 Å². The number of aryl methyl sites for hydroxylation is 1. The topological polar surface area (TPSA) is 39.7 Å². The molecule has 1 aromatic rings. The summed E-state index contributed by atoms with van der Waals surface area (Å²) in [5.74, 6) is 0.744. The van der Waals surface area contributed by atoms with Gasteiger partial charge in [0.25, 0.3) is 0 Å². The summed E-state index contributed by atoms with van der Waals surface area (Å²) in [5.41, 5.74) is 1.04. The van der Waals surface area contributed by atoms with Crippen molar-refractivity contribution in [2.75, 3.05) is 26.2 Å². The summed E-state index contributed by atoms with van der Waals surface area (Å²) in [7, 11) is 0. The molecule has 6 heteroatoms. The minimum absolute atomic E-state index is 0. The van der Waals surface area contributed by atoms with Crippen molar-refractivity contribution in [1.29, 1.82) is 0 Å². The number of nitrogens with one attached hydrogen (secondary N) is 2. The fourth-order valence-corrected chi connectivity index (χ4v) is 3.24. The summed E-state index contributed by atoms with van der Waals surface area (Å²) in [6.07, 6.45) is 4.09. The van der Waals surface area contributed by atoms with Gasteiger partial charge in [-0.3, -0.25) is 4.99 Å². The van der Waals surface area contributed by atoms with Gasteiger partial charge in [0.1, 0.15) is 5.82 Å². The van der Waals surface area contributed by atoms with Gasteiger partial charge in [-0.05, 0) is 64.2 Å². The van der Waals surface area contributed by atoms with Crippen molar-refractivity contribution in [3.8, 4) is 0 Å². The largest absolute Gasteiger partial charge is 0.357 e. The van der Waals surface area contributed by atoms with Crippen molar-refractivity contribution >= 4 is 29.9 Å². The van der Waals surface area contributed by atoms with Gasteiger partial charge in [0.05, 0.1) is 0 Å². The normalized spacial score (nSPS) is 16.4. The Hall–Kier alpha value is -0.890. The van der Waals surface area contributed by atoms with Crippen LogP contribution in [0.3, 0.4) is 0 Å². The summed E-state index contributed by atoms with van der Waals surface area (Å²) in [6.45, 7) is 10.5. The SMILES string of the molecule is CCNC(=NCCCc1cccc(F)c1)NC1CCN(C(C)C)CC1.I. The molecule has 0 spiro atoms. The molecule has 2 N–H and O–H groups in total. The molecular formula is C20H34FIN4. The van der Waals surface area contributed by atoms with Crippen LogP contribution >= 0.6 is 24.0 Å². The van der Waals surface area contributed by atoms with Gasteiger partial charge in [-0.1, -0.05) is 12.1 Å². The van der Waals surface area contributed by atoms with Crippen LogP contribution in [0.25, 0.3) is 0 Å². The standard InChI is InChI=1S/C20H33FN4.HI/c1-4-22-20(24-19-10-13-25(14-11-19)16(2)3)23-12-6-8-17-7-5-9-18(21)15-17;/h5,7,9,15-16,19H,4,6,8,10-14H2,1-3H3,(H2,22,23,24);1H. The first-order valence-corrected chi connectivity index (χ1v) is 9.61. The number of piperidine rings is 1. The predicted molar refractivity (Wildman–Crippen MR) is 119 cm³/mol. The molecule has 1 saturated heterocycles. The average molecular weight is 476 g/mol. The predicted octanol–water partition coefficient (Wildman–Crippen LogP) is 3.80. The minimum atomic E-state index is -0.163. The van der Waals surface area contributed by atoms with E-state index in [1.165, 1.54) is 6.07 Å². The van der Waals surface area contributed by atoms with E-state index in [1.54, 1.807) is 12.1 Å². The van der Waals surface area contributed by atoms with E-state index in [4.69, 9.17) is 0 Å².